The molecule has 0 bridgehead atoms. The molecule has 2 aromatic rings. The highest BCUT2D eigenvalue weighted by molar-refractivity contribution is 5.17. The van der Waals surface area contributed by atoms with Gasteiger partial charge < -0.3 is 5.11 Å². The number of aliphatic hydroxyl groups excluding tert-OH is 1. The van der Waals surface area contributed by atoms with Crippen LogP contribution in [0.4, 0.5) is 0 Å². The summed E-state index contributed by atoms with van der Waals surface area (Å²) < 4.78 is 0. The first-order chi connectivity index (χ1) is 8.79. The summed E-state index contributed by atoms with van der Waals surface area (Å²) >= 11 is 0. The van der Waals surface area contributed by atoms with Gasteiger partial charge in [0.15, 0.2) is 0 Å². The monoisotopic (exact) mass is 241 g/mol. The lowest BCUT2D eigenvalue weighted by Crippen LogP contribution is -2.01. The van der Waals surface area contributed by atoms with Crippen LogP contribution in [0.2, 0.25) is 0 Å². The van der Waals surface area contributed by atoms with Crippen LogP contribution in [0.3, 0.4) is 0 Å². The summed E-state index contributed by atoms with van der Waals surface area (Å²) in [6, 6.07) is 16.4. The van der Waals surface area contributed by atoms with Crippen molar-refractivity contribution < 1.29 is 5.11 Å². The van der Waals surface area contributed by atoms with Crippen LogP contribution in [-0.4, -0.2) is 10.1 Å². The molecule has 2 rings (SSSR count). The van der Waals surface area contributed by atoms with E-state index in [0.717, 1.165) is 24.2 Å². The van der Waals surface area contributed by atoms with Crippen LogP contribution < -0.4 is 0 Å². The third kappa shape index (κ3) is 3.41. The lowest BCUT2D eigenvalue weighted by molar-refractivity contribution is 0.276. The van der Waals surface area contributed by atoms with E-state index in [0.29, 0.717) is 5.92 Å². The number of nitrogens with zero attached hydrogens (tertiary/aromatic N) is 1. The molecule has 0 aliphatic rings. The van der Waals surface area contributed by atoms with Crippen molar-refractivity contribution in [1.82, 2.24) is 4.98 Å². The van der Waals surface area contributed by atoms with Crippen molar-refractivity contribution in [2.24, 2.45) is 0 Å². The van der Waals surface area contributed by atoms with E-state index in [-0.39, 0.29) is 6.61 Å². The maximum absolute atomic E-state index is 9.09. The molecule has 0 radical (unpaired) electrons. The quantitative estimate of drug-likeness (QED) is 0.871. The van der Waals surface area contributed by atoms with E-state index in [1.165, 1.54) is 5.56 Å². The van der Waals surface area contributed by atoms with Gasteiger partial charge in [-0.3, -0.25) is 4.98 Å². The Morgan fingerprint density at radius 2 is 1.83 bits per heavy atom. The number of pyridine rings is 1. The number of aliphatic hydroxyl groups is 1. The normalized spacial score (nSPS) is 12.3. The molecule has 0 fully saturated rings. The molecule has 0 saturated carbocycles. The standard InChI is InChI=1S/C16H19NO/c1-13(10-11-14-6-3-2-4-7-14)16-9-5-8-15(12-18)17-16/h2-9,13,18H,10-12H2,1H3. The maximum Gasteiger partial charge on any atom is 0.0853 e. The molecular weight excluding hydrogens is 222 g/mol. The fraction of sp³-hybridized carbons (Fsp3) is 0.312. The highest BCUT2D eigenvalue weighted by Gasteiger charge is 2.07. The Kier molecular flexibility index (Phi) is 4.48. The minimum atomic E-state index is 0.0131. The second kappa shape index (κ2) is 6.31. The molecule has 0 aliphatic heterocycles. The van der Waals surface area contributed by atoms with Gasteiger partial charge in [-0.05, 0) is 36.5 Å². The molecular formula is C16H19NO. The smallest absolute Gasteiger partial charge is 0.0853 e. The van der Waals surface area contributed by atoms with Gasteiger partial charge in [0, 0.05) is 5.69 Å². The van der Waals surface area contributed by atoms with E-state index in [2.05, 4.69) is 36.2 Å². The largest absolute Gasteiger partial charge is 0.390 e. The molecule has 2 heteroatoms. The average Bonchev–Trinajstić information content (AvgIpc) is 2.46. The van der Waals surface area contributed by atoms with E-state index in [1.54, 1.807) is 0 Å². The molecule has 1 atom stereocenters. The molecule has 1 aromatic carbocycles. The van der Waals surface area contributed by atoms with Crippen molar-refractivity contribution >= 4 is 0 Å². The topological polar surface area (TPSA) is 33.1 Å². The molecule has 0 spiro atoms. The average molecular weight is 241 g/mol. The minimum absolute atomic E-state index is 0.0131. The van der Waals surface area contributed by atoms with Crippen LogP contribution in [0, 0.1) is 0 Å². The number of hydrogen-bond donors (Lipinski definition) is 1. The third-order valence-electron chi connectivity index (χ3n) is 3.20. The zero-order valence-corrected chi connectivity index (χ0v) is 10.7. The van der Waals surface area contributed by atoms with Gasteiger partial charge in [0.2, 0.25) is 0 Å². The van der Waals surface area contributed by atoms with Crippen molar-refractivity contribution in [3.63, 3.8) is 0 Å². The third-order valence-corrected chi connectivity index (χ3v) is 3.20. The Morgan fingerprint density at radius 1 is 1.06 bits per heavy atom. The Morgan fingerprint density at radius 3 is 2.56 bits per heavy atom. The zero-order valence-electron chi connectivity index (χ0n) is 10.7. The van der Waals surface area contributed by atoms with Gasteiger partial charge in [-0.2, -0.15) is 0 Å². The fourth-order valence-corrected chi connectivity index (χ4v) is 2.04. The van der Waals surface area contributed by atoms with Gasteiger partial charge in [-0.15, -0.1) is 0 Å². The summed E-state index contributed by atoms with van der Waals surface area (Å²) in [5.74, 6) is 0.414. The first kappa shape index (κ1) is 12.8. The molecule has 1 N–H and O–H groups in total. The highest BCUT2D eigenvalue weighted by atomic mass is 16.3. The van der Waals surface area contributed by atoms with Crippen LogP contribution >= 0.6 is 0 Å². The minimum Gasteiger partial charge on any atom is -0.390 e. The van der Waals surface area contributed by atoms with Crippen LogP contribution in [0.1, 0.15) is 36.2 Å². The summed E-state index contributed by atoms with van der Waals surface area (Å²) in [4.78, 5) is 4.45. The molecule has 1 unspecified atom stereocenters. The van der Waals surface area contributed by atoms with Gasteiger partial charge in [-0.1, -0.05) is 43.3 Å². The van der Waals surface area contributed by atoms with E-state index in [9.17, 15) is 0 Å². The van der Waals surface area contributed by atoms with Gasteiger partial charge in [0.25, 0.3) is 0 Å². The summed E-state index contributed by atoms with van der Waals surface area (Å²) in [6.07, 6.45) is 2.14. The molecule has 1 aromatic heterocycles. The number of benzene rings is 1. The molecule has 2 nitrogen and oxygen atoms in total. The lowest BCUT2D eigenvalue weighted by Gasteiger charge is -2.11. The Bertz CT molecular complexity index is 481. The van der Waals surface area contributed by atoms with E-state index in [1.807, 2.05) is 24.3 Å². The first-order valence-electron chi connectivity index (χ1n) is 6.40. The van der Waals surface area contributed by atoms with Gasteiger partial charge in [-0.25, -0.2) is 0 Å². The Balaban J connectivity index is 1.97. The first-order valence-corrected chi connectivity index (χ1v) is 6.40. The maximum atomic E-state index is 9.09. The lowest BCUT2D eigenvalue weighted by atomic mass is 9.97. The number of hydrogen-bond acceptors (Lipinski definition) is 2. The van der Waals surface area contributed by atoms with Gasteiger partial charge in [0.05, 0.1) is 12.3 Å². The number of aryl methyl sites for hydroxylation is 1. The van der Waals surface area contributed by atoms with E-state index >= 15 is 0 Å². The molecule has 0 saturated heterocycles. The molecule has 94 valence electrons. The highest BCUT2D eigenvalue weighted by Crippen LogP contribution is 2.19. The van der Waals surface area contributed by atoms with E-state index < -0.39 is 0 Å². The SMILES string of the molecule is CC(CCc1ccccc1)c1cccc(CO)n1. The van der Waals surface area contributed by atoms with Crippen molar-refractivity contribution in [1.29, 1.82) is 0 Å². The summed E-state index contributed by atoms with van der Waals surface area (Å²) in [5, 5.41) is 9.09. The van der Waals surface area contributed by atoms with Crippen LogP contribution in [0.5, 0.6) is 0 Å². The van der Waals surface area contributed by atoms with Crippen LogP contribution in [-0.2, 0) is 13.0 Å². The Labute approximate surface area is 108 Å². The summed E-state index contributed by atoms with van der Waals surface area (Å²) in [7, 11) is 0. The predicted octanol–water partition coefficient (Wildman–Crippen LogP) is 3.31. The van der Waals surface area contributed by atoms with Crippen molar-refractivity contribution in [3.05, 3.63) is 65.5 Å². The van der Waals surface area contributed by atoms with Crippen LogP contribution in [0.25, 0.3) is 0 Å². The zero-order chi connectivity index (χ0) is 12.8. The summed E-state index contributed by atoms with van der Waals surface area (Å²) in [6.45, 7) is 2.20. The molecule has 18 heavy (non-hydrogen) atoms. The Hall–Kier alpha value is -1.67. The van der Waals surface area contributed by atoms with Crippen molar-refractivity contribution in [2.45, 2.75) is 32.3 Å². The van der Waals surface area contributed by atoms with Crippen molar-refractivity contribution in [2.75, 3.05) is 0 Å². The van der Waals surface area contributed by atoms with Gasteiger partial charge in [0.1, 0.15) is 0 Å². The molecule has 1 heterocycles. The van der Waals surface area contributed by atoms with Crippen molar-refractivity contribution in [3.8, 4) is 0 Å². The van der Waals surface area contributed by atoms with Crippen LogP contribution in [0.15, 0.2) is 48.5 Å². The molecule has 0 amide bonds. The number of rotatable bonds is 5. The fourth-order valence-electron chi connectivity index (χ4n) is 2.04. The predicted molar refractivity (Wildman–Crippen MR) is 73.3 cm³/mol. The van der Waals surface area contributed by atoms with E-state index in [4.69, 9.17) is 5.11 Å². The summed E-state index contributed by atoms with van der Waals surface area (Å²) in [5.41, 5.74) is 3.18. The van der Waals surface area contributed by atoms with Gasteiger partial charge >= 0.3 is 0 Å². The number of aromatic nitrogens is 1. The second-order valence-electron chi connectivity index (χ2n) is 4.64. The molecule has 0 aliphatic carbocycles. The second-order valence-corrected chi connectivity index (χ2v) is 4.64.